The molecule has 1 amide bonds. The Morgan fingerprint density at radius 3 is 2.60 bits per heavy atom. The van der Waals surface area contributed by atoms with Gasteiger partial charge in [-0.25, -0.2) is 4.98 Å². The number of carbonyl (C=O) groups excluding carboxylic acids is 1. The highest BCUT2D eigenvalue weighted by molar-refractivity contribution is 7.13. The predicted molar refractivity (Wildman–Crippen MR) is 102 cm³/mol. The molecule has 25 heavy (non-hydrogen) atoms. The minimum atomic E-state index is -0.138. The zero-order chi connectivity index (χ0) is 17.4. The molecule has 0 unspecified atom stereocenters. The number of pyridine rings is 1. The maximum Gasteiger partial charge on any atom is 0.256 e. The Labute approximate surface area is 149 Å². The maximum atomic E-state index is 12.7. The molecule has 0 aliphatic carbocycles. The smallest absolute Gasteiger partial charge is 0.256 e. The molecule has 1 N–H and O–H groups in total. The van der Waals surface area contributed by atoms with E-state index in [1.807, 2.05) is 78.4 Å². The van der Waals surface area contributed by atoms with E-state index in [9.17, 15) is 4.79 Å². The first kappa shape index (κ1) is 15.6. The zero-order valence-electron chi connectivity index (χ0n) is 14.0. The molecule has 3 heterocycles. The summed E-state index contributed by atoms with van der Waals surface area (Å²) in [6.07, 6.45) is 1.93. The van der Waals surface area contributed by atoms with Crippen LogP contribution in [0.1, 0.15) is 21.5 Å². The van der Waals surface area contributed by atoms with E-state index >= 15 is 0 Å². The van der Waals surface area contributed by atoms with Crippen LogP contribution >= 0.6 is 11.3 Å². The van der Waals surface area contributed by atoms with Crippen LogP contribution in [0.4, 0.5) is 5.82 Å². The fraction of sp³-hybridized carbons (Fsp3) is 0.100. The highest BCUT2D eigenvalue weighted by Crippen LogP contribution is 2.33. The molecule has 0 spiro atoms. The monoisotopic (exact) mass is 347 g/mol. The maximum absolute atomic E-state index is 12.7. The van der Waals surface area contributed by atoms with Crippen molar-refractivity contribution in [3.05, 3.63) is 76.8 Å². The molecular weight excluding hydrogens is 330 g/mol. The Bertz CT molecular complexity index is 1050. The number of amides is 1. The first-order chi connectivity index (χ1) is 12.1. The van der Waals surface area contributed by atoms with Gasteiger partial charge in [0, 0.05) is 11.8 Å². The van der Waals surface area contributed by atoms with E-state index in [1.54, 1.807) is 11.3 Å². The Kier molecular flexibility index (Phi) is 3.86. The quantitative estimate of drug-likeness (QED) is 0.571. The minimum absolute atomic E-state index is 0.138. The molecule has 0 atom stereocenters. The Morgan fingerprint density at radius 2 is 1.88 bits per heavy atom. The van der Waals surface area contributed by atoms with Gasteiger partial charge in [-0.05, 0) is 49.1 Å². The third kappa shape index (κ3) is 2.83. The van der Waals surface area contributed by atoms with Crippen LogP contribution in [0.15, 0.2) is 60.1 Å². The molecule has 0 aliphatic heterocycles. The largest absolute Gasteiger partial charge is 0.306 e. The fourth-order valence-electron chi connectivity index (χ4n) is 2.79. The summed E-state index contributed by atoms with van der Waals surface area (Å²) < 4.78 is 1.94. The van der Waals surface area contributed by atoms with Crippen LogP contribution in [-0.2, 0) is 0 Å². The van der Waals surface area contributed by atoms with Crippen molar-refractivity contribution in [2.45, 2.75) is 13.8 Å². The van der Waals surface area contributed by atoms with Gasteiger partial charge in [0.05, 0.1) is 4.88 Å². The molecule has 1 aromatic carbocycles. The van der Waals surface area contributed by atoms with E-state index in [0.717, 1.165) is 27.3 Å². The number of anilines is 1. The first-order valence-electron chi connectivity index (χ1n) is 8.03. The van der Waals surface area contributed by atoms with Crippen LogP contribution in [0.2, 0.25) is 0 Å². The van der Waals surface area contributed by atoms with Crippen LogP contribution in [-0.4, -0.2) is 15.3 Å². The summed E-state index contributed by atoms with van der Waals surface area (Å²) in [5.74, 6) is 0.563. The molecule has 0 radical (unpaired) electrons. The van der Waals surface area contributed by atoms with E-state index in [4.69, 9.17) is 4.98 Å². The molecule has 0 fully saturated rings. The van der Waals surface area contributed by atoms with E-state index < -0.39 is 0 Å². The Morgan fingerprint density at radius 1 is 1.08 bits per heavy atom. The minimum Gasteiger partial charge on any atom is -0.306 e. The fourth-order valence-corrected chi connectivity index (χ4v) is 3.51. The lowest BCUT2D eigenvalue weighted by molar-refractivity contribution is 0.102. The van der Waals surface area contributed by atoms with Crippen molar-refractivity contribution in [2.24, 2.45) is 0 Å². The third-order valence-electron chi connectivity index (χ3n) is 4.15. The summed E-state index contributed by atoms with van der Waals surface area (Å²) in [5, 5.41) is 5.06. The number of carbonyl (C=O) groups is 1. The number of aromatic nitrogens is 2. The van der Waals surface area contributed by atoms with Gasteiger partial charge in [0.15, 0.2) is 0 Å². The van der Waals surface area contributed by atoms with Gasteiger partial charge < -0.3 is 5.32 Å². The number of rotatable bonds is 3. The molecule has 3 aromatic heterocycles. The summed E-state index contributed by atoms with van der Waals surface area (Å²) in [6, 6.07) is 15.5. The highest BCUT2D eigenvalue weighted by Gasteiger charge is 2.18. The lowest BCUT2D eigenvalue weighted by atomic mass is 10.1. The highest BCUT2D eigenvalue weighted by atomic mass is 32.1. The molecule has 4 nitrogen and oxygen atoms in total. The third-order valence-corrected chi connectivity index (χ3v) is 5.02. The van der Waals surface area contributed by atoms with Gasteiger partial charge in [-0.2, -0.15) is 0 Å². The summed E-state index contributed by atoms with van der Waals surface area (Å²) in [5.41, 5.74) is 4.47. The number of hydrogen-bond acceptors (Lipinski definition) is 3. The molecular formula is C20H17N3OS. The van der Waals surface area contributed by atoms with Gasteiger partial charge in [-0.1, -0.05) is 29.8 Å². The number of benzene rings is 1. The van der Waals surface area contributed by atoms with Crippen LogP contribution < -0.4 is 5.32 Å². The number of fused-ring (bicyclic) bond motifs is 1. The number of hydrogen-bond donors (Lipinski definition) is 1. The normalized spacial score (nSPS) is 11.0. The molecule has 0 saturated heterocycles. The number of thiophene rings is 1. The zero-order valence-corrected chi connectivity index (χ0v) is 14.8. The van der Waals surface area contributed by atoms with Crippen molar-refractivity contribution < 1.29 is 4.79 Å². The van der Waals surface area contributed by atoms with Crippen LogP contribution in [0.3, 0.4) is 0 Å². The van der Waals surface area contributed by atoms with Crippen LogP contribution in [0.5, 0.6) is 0 Å². The second kappa shape index (κ2) is 6.18. The standard InChI is InChI=1S/C20H17N3OS/c1-13-7-9-15(10-8-13)20(24)22-19-17(16-6-4-12-25-16)21-18-14(2)5-3-11-23(18)19/h3-12H,1-2H3,(H,22,24). The first-order valence-corrected chi connectivity index (χ1v) is 8.91. The van der Waals surface area contributed by atoms with Crippen molar-refractivity contribution in [2.75, 3.05) is 5.32 Å². The second-order valence-corrected chi connectivity index (χ2v) is 6.94. The summed E-state index contributed by atoms with van der Waals surface area (Å²) in [4.78, 5) is 18.5. The van der Waals surface area contributed by atoms with Crippen LogP contribution in [0.25, 0.3) is 16.2 Å². The average Bonchev–Trinajstić information content (AvgIpc) is 3.24. The van der Waals surface area contributed by atoms with E-state index in [1.165, 1.54) is 0 Å². The van der Waals surface area contributed by atoms with Gasteiger partial charge in [-0.15, -0.1) is 11.3 Å². The average molecular weight is 347 g/mol. The van der Waals surface area contributed by atoms with Crippen molar-refractivity contribution in [1.82, 2.24) is 9.38 Å². The molecule has 0 bridgehead atoms. The molecule has 0 aliphatic rings. The second-order valence-electron chi connectivity index (χ2n) is 5.99. The van der Waals surface area contributed by atoms with Crippen molar-refractivity contribution in [3.8, 4) is 10.6 Å². The van der Waals surface area contributed by atoms with Gasteiger partial charge in [0.25, 0.3) is 5.91 Å². The summed E-state index contributed by atoms with van der Waals surface area (Å²) in [6.45, 7) is 4.02. The van der Waals surface area contributed by atoms with E-state index in [-0.39, 0.29) is 5.91 Å². The van der Waals surface area contributed by atoms with Crippen molar-refractivity contribution in [3.63, 3.8) is 0 Å². The SMILES string of the molecule is Cc1ccc(C(=O)Nc2c(-c3cccs3)nc3c(C)cccn23)cc1. The molecule has 5 heteroatoms. The Balaban J connectivity index is 1.82. The lowest BCUT2D eigenvalue weighted by Gasteiger charge is -2.08. The van der Waals surface area contributed by atoms with Gasteiger partial charge in [-0.3, -0.25) is 9.20 Å². The summed E-state index contributed by atoms with van der Waals surface area (Å²) >= 11 is 1.61. The number of nitrogens with zero attached hydrogens (tertiary/aromatic N) is 2. The number of nitrogens with one attached hydrogen (secondary N) is 1. The number of aryl methyl sites for hydroxylation is 2. The summed E-state index contributed by atoms with van der Waals surface area (Å²) in [7, 11) is 0. The topological polar surface area (TPSA) is 46.4 Å². The van der Waals surface area contributed by atoms with E-state index in [0.29, 0.717) is 11.4 Å². The molecule has 4 rings (SSSR count). The van der Waals surface area contributed by atoms with Crippen LogP contribution in [0, 0.1) is 13.8 Å². The lowest BCUT2D eigenvalue weighted by Crippen LogP contribution is -2.14. The number of imidazole rings is 1. The predicted octanol–water partition coefficient (Wildman–Crippen LogP) is 4.93. The molecule has 4 aromatic rings. The molecule has 0 saturated carbocycles. The van der Waals surface area contributed by atoms with E-state index in [2.05, 4.69) is 5.32 Å². The van der Waals surface area contributed by atoms with Gasteiger partial charge >= 0.3 is 0 Å². The van der Waals surface area contributed by atoms with Crippen molar-refractivity contribution in [1.29, 1.82) is 0 Å². The van der Waals surface area contributed by atoms with Crippen molar-refractivity contribution >= 4 is 28.7 Å². The Hall–Kier alpha value is -2.92. The molecule has 124 valence electrons. The van der Waals surface area contributed by atoms with Gasteiger partial charge in [0.1, 0.15) is 17.2 Å². The van der Waals surface area contributed by atoms with Gasteiger partial charge in [0.2, 0.25) is 0 Å².